The topological polar surface area (TPSA) is 60.1 Å². The minimum Gasteiger partial charge on any atom is -0.341 e. The highest BCUT2D eigenvalue weighted by molar-refractivity contribution is 5.96. The second-order valence-corrected chi connectivity index (χ2v) is 7.28. The molecule has 5 heteroatoms. The summed E-state index contributed by atoms with van der Waals surface area (Å²) in [6.45, 7) is 2.59. The summed E-state index contributed by atoms with van der Waals surface area (Å²) in [7, 11) is 0. The van der Waals surface area contributed by atoms with Gasteiger partial charge in [0.05, 0.1) is 11.5 Å². The molecule has 0 saturated carbocycles. The van der Waals surface area contributed by atoms with Gasteiger partial charge in [0, 0.05) is 11.3 Å². The third kappa shape index (κ3) is 2.79. The van der Waals surface area contributed by atoms with E-state index in [0.717, 1.165) is 33.8 Å². The van der Waals surface area contributed by atoms with Crippen LogP contribution in [0.2, 0.25) is 0 Å². The van der Waals surface area contributed by atoms with Gasteiger partial charge >= 0.3 is 5.69 Å². The summed E-state index contributed by atoms with van der Waals surface area (Å²) < 4.78 is 2.04. The Kier molecular flexibility index (Phi) is 3.95. The van der Waals surface area contributed by atoms with Gasteiger partial charge in [-0.1, -0.05) is 78.4 Å². The maximum Gasteiger partial charge on any atom is 0.304 e. The molecule has 0 fully saturated rings. The summed E-state index contributed by atoms with van der Waals surface area (Å²) in [5.74, 6) is 0.761. The Balaban J connectivity index is 1.85. The van der Waals surface area contributed by atoms with Crippen LogP contribution in [0.15, 0.2) is 78.9 Å². The Morgan fingerprint density at radius 1 is 0.897 bits per heavy atom. The van der Waals surface area contributed by atoms with E-state index in [9.17, 15) is 10.1 Å². The highest BCUT2D eigenvalue weighted by Crippen LogP contribution is 2.49. The number of benzene rings is 3. The van der Waals surface area contributed by atoms with Crippen molar-refractivity contribution in [2.45, 2.75) is 13.5 Å². The average Bonchev–Trinajstić information content (AvgIpc) is 3.07. The fraction of sp³-hybridized carbons (Fsp3) is 0.0833. The highest BCUT2D eigenvalue weighted by Gasteiger charge is 2.35. The molecule has 0 bridgehead atoms. The number of aromatic nitrogens is 1. The van der Waals surface area contributed by atoms with E-state index in [1.165, 1.54) is 0 Å². The Labute approximate surface area is 168 Å². The average molecular weight is 381 g/mol. The molecule has 29 heavy (non-hydrogen) atoms. The molecule has 1 aromatic heterocycles. The van der Waals surface area contributed by atoms with Crippen LogP contribution in [0.25, 0.3) is 22.4 Å². The van der Waals surface area contributed by atoms with Crippen LogP contribution in [0.4, 0.5) is 17.2 Å². The molecule has 0 amide bonds. The molecule has 3 aromatic carbocycles. The predicted octanol–water partition coefficient (Wildman–Crippen LogP) is 6.14. The van der Waals surface area contributed by atoms with E-state index < -0.39 is 0 Å². The third-order valence-corrected chi connectivity index (χ3v) is 5.41. The Morgan fingerprint density at radius 3 is 2.31 bits per heavy atom. The number of nitro groups is 1. The number of para-hydroxylation sites is 1. The van der Waals surface area contributed by atoms with Crippen molar-refractivity contribution < 1.29 is 4.92 Å². The van der Waals surface area contributed by atoms with Gasteiger partial charge in [-0.2, -0.15) is 0 Å². The molecule has 5 nitrogen and oxygen atoms in total. The molecule has 142 valence electrons. The van der Waals surface area contributed by atoms with Crippen LogP contribution < -0.4 is 5.32 Å². The summed E-state index contributed by atoms with van der Waals surface area (Å²) in [6, 6.07) is 25.5. The first-order valence-electron chi connectivity index (χ1n) is 9.52. The zero-order valence-corrected chi connectivity index (χ0v) is 15.9. The molecule has 0 spiro atoms. The lowest BCUT2D eigenvalue weighted by Crippen LogP contribution is -2.13. The first-order chi connectivity index (χ1) is 14.1. The summed E-state index contributed by atoms with van der Waals surface area (Å²) in [5, 5.41) is 15.8. The Morgan fingerprint density at radius 2 is 1.59 bits per heavy atom. The largest absolute Gasteiger partial charge is 0.341 e. The van der Waals surface area contributed by atoms with E-state index in [0.29, 0.717) is 17.8 Å². The molecular weight excluding hydrogens is 362 g/mol. The number of nitrogens with one attached hydrogen (secondary N) is 1. The van der Waals surface area contributed by atoms with E-state index in [4.69, 9.17) is 0 Å². The van der Waals surface area contributed by atoms with Crippen LogP contribution in [0, 0.1) is 17.0 Å². The minimum absolute atomic E-state index is 0.135. The van der Waals surface area contributed by atoms with Gasteiger partial charge in [-0.15, -0.1) is 0 Å². The van der Waals surface area contributed by atoms with Crippen molar-refractivity contribution in [1.82, 2.24) is 4.57 Å². The van der Waals surface area contributed by atoms with Crippen LogP contribution in [0.1, 0.15) is 11.1 Å². The molecule has 0 saturated heterocycles. The zero-order chi connectivity index (χ0) is 20.0. The van der Waals surface area contributed by atoms with E-state index >= 15 is 0 Å². The normalized spacial score (nSPS) is 12.0. The predicted molar refractivity (Wildman–Crippen MR) is 116 cm³/mol. The lowest BCUT2D eigenvalue weighted by molar-refractivity contribution is -0.383. The van der Waals surface area contributed by atoms with Crippen LogP contribution in [0.5, 0.6) is 0 Å². The number of nitrogens with zero attached hydrogens (tertiary/aromatic N) is 2. The fourth-order valence-electron chi connectivity index (χ4n) is 4.03. The first kappa shape index (κ1) is 17.3. The monoisotopic (exact) mass is 381 g/mol. The van der Waals surface area contributed by atoms with Crippen molar-refractivity contribution in [1.29, 1.82) is 0 Å². The van der Waals surface area contributed by atoms with Crippen molar-refractivity contribution in [3.63, 3.8) is 0 Å². The maximum absolute atomic E-state index is 12.3. The first-order valence-corrected chi connectivity index (χ1v) is 9.52. The van der Waals surface area contributed by atoms with Crippen LogP contribution in [-0.4, -0.2) is 9.49 Å². The lowest BCUT2D eigenvalue weighted by atomic mass is 10.0. The van der Waals surface area contributed by atoms with Gasteiger partial charge in [-0.25, -0.2) is 0 Å². The molecule has 0 atom stereocenters. The standard InChI is InChI=1S/C24H19N3O2/c1-16-11-13-18(14-12-16)22-23(27(28)29)21(17-7-3-2-4-8-17)24-25-20-10-6-5-9-19(20)15-26(22)24/h2-14,25H,15H2,1H3. The van der Waals surface area contributed by atoms with Crippen molar-refractivity contribution in [2.24, 2.45) is 0 Å². The van der Waals surface area contributed by atoms with Crippen LogP contribution in [-0.2, 0) is 6.54 Å². The van der Waals surface area contributed by atoms with Gasteiger partial charge in [0.1, 0.15) is 17.1 Å². The fourth-order valence-corrected chi connectivity index (χ4v) is 4.03. The van der Waals surface area contributed by atoms with E-state index in [1.807, 2.05) is 84.3 Å². The summed E-state index contributed by atoms with van der Waals surface area (Å²) in [4.78, 5) is 12.1. The van der Waals surface area contributed by atoms with Crippen molar-refractivity contribution in [3.8, 4) is 22.4 Å². The molecule has 0 radical (unpaired) electrons. The number of aryl methyl sites for hydroxylation is 1. The number of rotatable bonds is 3. The number of hydrogen-bond donors (Lipinski definition) is 1. The van der Waals surface area contributed by atoms with Gasteiger partial charge in [0.15, 0.2) is 0 Å². The second kappa shape index (κ2) is 6.63. The second-order valence-electron chi connectivity index (χ2n) is 7.28. The SMILES string of the molecule is Cc1ccc(-c2c([N+](=O)[O-])c(-c3ccccc3)c3n2Cc2ccccc2N3)cc1. The lowest BCUT2D eigenvalue weighted by Gasteiger charge is -2.23. The van der Waals surface area contributed by atoms with E-state index in [2.05, 4.69) is 11.4 Å². The molecule has 5 rings (SSSR count). The summed E-state index contributed by atoms with van der Waals surface area (Å²) in [6.07, 6.45) is 0. The smallest absolute Gasteiger partial charge is 0.304 e. The Hall–Kier alpha value is -3.86. The highest BCUT2D eigenvalue weighted by atomic mass is 16.6. The van der Waals surface area contributed by atoms with Crippen molar-refractivity contribution >= 4 is 17.2 Å². The van der Waals surface area contributed by atoms with Crippen LogP contribution in [0.3, 0.4) is 0 Å². The van der Waals surface area contributed by atoms with Gasteiger partial charge in [0.2, 0.25) is 0 Å². The van der Waals surface area contributed by atoms with E-state index in [-0.39, 0.29) is 10.6 Å². The van der Waals surface area contributed by atoms with Gasteiger partial charge in [0.25, 0.3) is 0 Å². The van der Waals surface area contributed by atoms with Gasteiger partial charge in [-0.3, -0.25) is 10.1 Å². The number of fused-ring (bicyclic) bond motifs is 2. The summed E-state index contributed by atoms with van der Waals surface area (Å²) in [5.41, 5.74) is 6.27. The maximum atomic E-state index is 12.3. The molecule has 1 N–H and O–H groups in total. The van der Waals surface area contributed by atoms with Crippen molar-refractivity contribution in [2.75, 3.05) is 5.32 Å². The zero-order valence-electron chi connectivity index (χ0n) is 15.9. The summed E-state index contributed by atoms with van der Waals surface area (Å²) >= 11 is 0. The van der Waals surface area contributed by atoms with Gasteiger partial charge < -0.3 is 9.88 Å². The minimum atomic E-state index is -0.255. The van der Waals surface area contributed by atoms with Crippen molar-refractivity contribution in [3.05, 3.63) is 100 Å². The molecule has 0 unspecified atom stereocenters. The molecule has 0 aliphatic carbocycles. The Bertz CT molecular complexity index is 1230. The van der Waals surface area contributed by atoms with Gasteiger partial charge in [-0.05, 0) is 24.1 Å². The quantitative estimate of drug-likeness (QED) is 0.301. The number of hydrogen-bond acceptors (Lipinski definition) is 3. The molecule has 1 aliphatic rings. The van der Waals surface area contributed by atoms with E-state index in [1.54, 1.807) is 0 Å². The molecule has 2 heterocycles. The third-order valence-electron chi connectivity index (χ3n) is 5.41. The molecule has 1 aliphatic heterocycles. The molecular formula is C24H19N3O2. The van der Waals surface area contributed by atoms with Crippen LogP contribution >= 0.6 is 0 Å². The number of anilines is 2. The molecule has 4 aromatic rings.